The van der Waals surface area contributed by atoms with Crippen molar-refractivity contribution in [3.63, 3.8) is 0 Å². The highest BCUT2D eigenvalue weighted by molar-refractivity contribution is 7.80. The van der Waals surface area contributed by atoms with E-state index in [0.29, 0.717) is 0 Å². The highest BCUT2D eigenvalue weighted by Crippen LogP contribution is 2.23. The van der Waals surface area contributed by atoms with Crippen molar-refractivity contribution >= 4 is 12.6 Å². The first kappa shape index (κ1) is 14.3. The van der Waals surface area contributed by atoms with Crippen LogP contribution >= 0.6 is 12.6 Å². The molecule has 1 fully saturated rings. The fourth-order valence-corrected chi connectivity index (χ4v) is 2.62. The second-order valence-corrected chi connectivity index (χ2v) is 5.72. The molecule has 0 unspecified atom stereocenters. The smallest absolute Gasteiger partial charge is 0.0411 e. The van der Waals surface area contributed by atoms with Crippen LogP contribution in [0.5, 0.6) is 0 Å². The van der Waals surface area contributed by atoms with E-state index in [0.717, 1.165) is 17.8 Å². The molecule has 16 heavy (non-hydrogen) atoms. The Morgan fingerprint density at radius 1 is 1.31 bits per heavy atom. The van der Waals surface area contributed by atoms with Crippen molar-refractivity contribution in [3.05, 3.63) is 0 Å². The summed E-state index contributed by atoms with van der Waals surface area (Å²) in [5.41, 5.74) is 0. The van der Waals surface area contributed by atoms with Gasteiger partial charge in [0.05, 0.1) is 0 Å². The summed E-state index contributed by atoms with van der Waals surface area (Å²) in [5.74, 6) is 1.86. The van der Waals surface area contributed by atoms with Crippen molar-refractivity contribution in [3.8, 4) is 0 Å². The Balaban J connectivity index is 2.08. The Kier molecular flexibility index (Phi) is 6.78. The maximum Gasteiger partial charge on any atom is 0.0411 e. The number of rotatable bonds is 6. The summed E-state index contributed by atoms with van der Waals surface area (Å²) in [6.45, 7) is 8.44. The van der Waals surface area contributed by atoms with Gasteiger partial charge < -0.3 is 4.90 Å². The minimum Gasteiger partial charge on any atom is -0.301 e. The first-order valence-corrected chi connectivity index (χ1v) is 7.30. The van der Waals surface area contributed by atoms with Gasteiger partial charge in [-0.2, -0.15) is 12.6 Å². The summed E-state index contributed by atoms with van der Waals surface area (Å²) in [6, 6.07) is 0.733. The molecule has 1 saturated heterocycles. The van der Waals surface area contributed by atoms with Crippen LogP contribution in [0.3, 0.4) is 0 Å². The summed E-state index contributed by atoms with van der Waals surface area (Å²) >= 11 is 4.27. The molecule has 1 heterocycles. The zero-order valence-corrected chi connectivity index (χ0v) is 12.0. The minimum atomic E-state index is 0.733. The third-order valence-corrected chi connectivity index (χ3v) is 4.26. The number of nitrogens with zero attached hydrogens (tertiary/aromatic N) is 2. The first-order chi connectivity index (χ1) is 7.63. The number of piperidine rings is 1. The average Bonchev–Trinajstić information content (AvgIpc) is 2.29. The van der Waals surface area contributed by atoms with E-state index in [2.05, 4.69) is 43.3 Å². The van der Waals surface area contributed by atoms with Gasteiger partial charge in [0.2, 0.25) is 0 Å². The zero-order valence-electron chi connectivity index (χ0n) is 11.2. The molecule has 0 aliphatic carbocycles. The number of hydrogen-bond acceptors (Lipinski definition) is 3. The quantitative estimate of drug-likeness (QED) is 0.567. The van der Waals surface area contributed by atoms with Gasteiger partial charge in [-0.25, -0.2) is 0 Å². The van der Waals surface area contributed by atoms with Gasteiger partial charge in [0.1, 0.15) is 0 Å². The van der Waals surface area contributed by atoms with Gasteiger partial charge in [-0.15, -0.1) is 0 Å². The molecule has 0 aromatic rings. The molecule has 0 spiro atoms. The molecule has 0 aromatic heterocycles. The molecule has 0 bridgehead atoms. The normalized spacial score (nSPS) is 19.9. The molecule has 3 heteroatoms. The predicted octanol–water partition coefficient (Wildman–Crippen LogP) is 2.71. The molecular weight excluding hydrogens is 216 g/mol. The number of thiol groups is 1. The highest BCUT2D eigenvalue weighted by atomic mass is 32.1. The molecule has 0 aromatic carbocycles. The largest absolute Gasteiger partial charge is 0.301 e. The van der Waals surface area contributed by atoms with E-state index in [4.69, 9.17) is 0 Å². The zero-order chi connectivity index (χ0) is 12.0. The van der Waals surface area contributed by atoms with E-state index in [1.165, 1.54) is 45.3 Å². The topological polar surface area (TPSA) is 6.48 Å². The third-order valence-electron chi connectivity index (χ3n) is 3.77. The lowest BCUT2D eigenvalue weighted by Crippen LogP contribution is -2.38. The summed E-state index contributed by atoms with van der Waals surface area (Å²) in [6.07, 6.45) is 5.55. The Labute approximate surface area is 107 Å². The molecule has 1 aliphatic heterocycles. The molecular formula is C13H28N2S. The van der Waals surface area contributed by atoms with Crippen molar-refractivity contribution < 1.29 is 0 Å². The summed E-state index contributed by atoms with van der Waals surface area (Å²) in [7, 11) is 2.15. The maximum atomic E-state index is 4.27. The van der Waals surface area contributed by atoms with Gasteiger partial charge in [-0.3, -0.25) is 4.90 Å². The first-order valence-electron chi connectivity index (χ1n) is 6.67. The van der Waals surface area contributed by atoms with E-state index in [9.17, 15) is 0 Å². The van der Waals surface area contributed by atoms with Crippen LogP contribution in [-0.2, 0) is 0 Å². The lowest BCUT2D eigenvalue weighted by molar-refractivity contribution is 0.143. The third kappa shape index (κ3) is 5.07. The molecule has 0 atom stereocenters. The van der Waals surface area contributed by atoms with Crippen LogP contribution in [0, 0.1) is 5.92 Å². The molecule has 0 radical (unpaired) electrons. The minimum absolute atomic E-state index is 0.733. The van der Waals surface area contributed by atoms with Crippen LogP contribution in [0.25, 0.3) is 0 Å². The Hall–Kier alpha value is 0.270. The SMILES string of the molecule is CC(C)N1CCC(CCCN(C)CS)CC1. The molecule has 0 amide bonds. The Morgan fingerprint density at radius 2 is 1.94 bits per heavy atom. The van der Waals surface area contributed by atoms with E-state index in [1.54, 1.807) is 0 Å². The van der Waals surface area contributed by atoms with Crippen LogP contribution in [0.1, 0.15) is 39.5 Å². The van der Waals surface area contributed by atoms with Crippen molar-refractivity contribution in [2.24, 2.45) is 5.92 Å². The molecule has 0 N–H and O–H groups in total. The van der Waals surface area contributed by atoms with Gasteiger partial charge in [-0.1, -0.05) is 0 Å². The van der Waals surface area contributed by atoms with Crippen LogP contribution in [0.2, 0.25) is 0 Å². The predicted molar refractivity (Wildman–Crippen MR) is 75.2 cm³/mol. The fourth-order valence-electron chi connectivity index (χ4n) is 2.48. The Bertz CT molecular complexity index is 177. The maximum absolute atomic E-state index is 4.27. The van der Waals surface area contributed by atoms with Gasteiger partial charge >= 0.3 is 0 Å². The van der Waals surface area contributed by atoms with E-state index >= 15 is 0 Å². The van der Waals surface area contributed by atoms with Gasteiger partial charge in [0.25, 0.3) is 0 Å². The van der Waals surface area contributed by atoms with Crippen LogP contribution < -0.4 is 0 Å². The summed E-state index contributed by atoms with van der Waals surface area (Å²) in [5, 5.41) is 0. The lowest BCUT2D eigenvalue weighted by atomic mass is 9.91. The standard InChI is InChI=1S/C13H28N2S/c1-12(2)15-9-6-13(7-10-15)5-4-8-14(3)11-16/h12-13,16H,4-11H2,1-3H3. The molecule has 1 aliphatic rings. The van der Waals surface area contributed by atoms with Gasteiger partial charge in [-0.05, 0) is 72.1 Å². The molecule has 96 valence electrons. The van der Waals surface area contributed by atoms with Crippen LogP contribution in [-0.4, -0.2) is 48.4 Å². The van der Waals surface area contributed by atoms with Crippen molar-refractivity contribution in [2.45, 2.75) is 45.6 Å². The number of hydrogen-bond donors (Lipinski definition) is 1. The lowest BCUT2D eigenvalue weighted by Gasteiger charge is -2.34. The van der Waals surface area contributed by atoms with E-state index in [-0.39, 0.29) is 0 Å². The monoisotopic (exact) mass is 244 g/mol. The van der Waals surface area contributed by atoms with E-state index < -0.39 is 0 Å². The van der Waals surface area contributed by atoms with Crippen LogP contribution in [0.15, 0.2) is 0 Å². The van der Waals surface area contributed by atoms with Gasteiger partial charge in [0.15, 0.2) is 0 Å². The van der Waals surface area contributed by atoms with Gasteiger partial charge in [0, 0.05) is 11.9 Å². The molecule has 2 nitrogen and oxygen atoms in total. The van der Waals surface area contributed by atoms with Crippen molar-refractivity contribution in [1.29, 1.82) is 0 Å². The van der Waals surface area contributed by atoms with Crippen molar-refractivity contribution in [1.82, 2.24) is 9.80 Å². The molecule has 1 rings (SSSR count). The molecule has 0 saturated carbocycles. The fraction of sp³-hybridized carbons (Fsp3) is 1.00. The van der Waals surface area contributed by atoms with Crippen LogP contribution in [0.4, 0.5) is 0 Å². The van der Waals surface area contributed by atoms with E-state index in [1.807, 2.05) is 0 Å². The van der Waals surface area contributed by atoms with Crippen molar-refractivity contribution in [2.75, 3.05) is 32.6 Å². The average molecular weight is 244 g/mol. The summed E-state index contributed by atoms with van der Waals surface area (Å²) < 4.78 is 0. The highest BCUT2D eigenvalue weighted by Gasteiger charge is 2.20. The summed E-state index contributed by atoms with van der Waals surface area (Å²) in [4.78, 5) is 4.89. The second-order valence-electron chi connectivity index (χ2n) is 5.44. The Morgan fingerprint density at radius 3 is 2.44 bits per heavy atom. The number of likely N-dealkylation sites (tertiary alicyclic amines) is 1. The second kappa shape index (κ2) is 7.57.